The molecule has 0 bridgehead atoms. The van der Waals surface area contributed by atoms with Crippen LogP contribution in [0.3, 0.4) is 0 Å². The van der Waals surface area contributed by atoms with E-state index in [1.165, 1.54) is 0 Å². The van der Waals surface area contributed by atoms with Crippen molar-refractivity contribution in [2.24, 2.45) is 0 Å². The fraction of sp³-hybridized carbons (Fsp3) is 0.400. The van der Waals surface area contributed by atoms with Gasteiger partial charge in [0.15, 0.2) is 5.60 Å². The summed E-state index contributed by atoms with van der Waals surface area (Å²) >= 11 is 0. The molecule has 1 fully saturated rings. The molecule has 0 saturated heterocycles. The first kappa shape index (κ1) is 25.7. The lowest BCUT2D eigenvalue weighted by Gasteiger charge is -2.40. The van der Waals surface area contributed by atoms with Crippen LogP contribution in [0.2, 0.25) is 0 Å². The SMILES string of the molecule is CN(C)C(C)(C)C.COc1cncc2c1C1(O)CCC(c3ccccc3)C1(c1ccc(C#N)cc1)O2. The van der Waals surface area contributed by atoms with Gasteiger partial charge in [-0.3, -0.25) is 4.98 Å². The van der Waals surface area contributed by atoms with Gasteiger partial charge < -0.3 is 19.5 Å². The standard InChI is InChI=1S/C24H20N2O3.C6H15N/c1-28-20-14-26-15-21-22(20)23(27)12-11-19(17-5-3-2-4-6-17)24(23,29-21)18-9-7-16(13-25)8-10-18;1-6(2,3)7(4)5/h2-10,14-15,19,27H,11-12H2,1H3;1-5H3. The number of rotatable bonds is 3. The molecule has 2 heterocycles. The molecular weight excluding hydrogens is 450 g/mol. The zero-order valence-corrected chi connectivity index (χ0v) is 21.9. The van der Waals surface area contributed by atoms with Gasteiger partial charge in [0.1, 0.15) is 17.1 Å². The quantitative estimate of drug-likeness (QED) is 0.538. The maximum absolute atomic E-state index is 12.2. The first-order chi connectivity index (χ1) is 17.1. The van der Waals surface area contributed by atoms with E-state index in [2.05, 4.69) is 63.0 Å². The van der Waals surface area contributed by atoms with E-state index in [0.29, 0.717) is 34.6 Å². The number of pyridine rings is 1. The molecule has 1 aliphatic heterocycles. The van der Waals surface area contributed by atoms with E-state index in [1.54, 1.807) is 31.6 Å². The third-order valence-corrected chi connectivity index (χ3v) is 7.67. The molecule has 3 aromatic rings. The van der Waals surface area contributed by atoms with Crippen LogP contribution in [0.15, 0.2) is 67.0 Å². The fourth-order valence-electron chi connectivity index (χ4n) is 5.11. The number of nitriles is 1. The highest BCUT2D eigenvalue weighted by Gasteiger charge is 2.69. The van der Waals surface area contributed by atoms with Crippen LogP contribution in [0.1, 0.15) is 61.8 Å². The summed E-state index contributed by atoms with van der Waals surface area (Å²) in [5, 5.41) is 21.4. The molecule has 1 N–H and O–H groups in total. The number of aliphatic hydroxyl groups is 1. The molecule has 0 amide bonds. The number of hydrogen-bond donors (Lipinski definition) is 1. The second kappa shape index (κ2) is 9.57. The highest BCUT2D eigenvalue weighted by Crippen LogP contribution is 2.67. The minimum absolute atomic E-state index is 0.0706. The van der Waals surface area contributed by atoms with Crippen LogP contribution < -0.4 is 9.47 Å². The number of fused-ring (bicyclic) bond motifs is 3. The molecule has 6 heteroatoms. The smallest absolute Gasteiger partial charge is 0.174 e. The van der Waals surface area contributed by atoms with Gasteiger partial charge in [-0.05, 0) is 71.0 Å². The molecule has 188 valence electrons. The van der Waals surface area contributed by atoms with Crippen molar-refractivity contribution in [2.75, 3.05) is 21.2 Å². The van der Waals surface area contributed by atoms with Gasteiger partial charge in [0.25, 0.3) is 0 Å². The monoisotopic (exact) mass is 485 g/mol. The molecule has 0 spiro atoms. The van der Waals surface area contributed by atoms with E-state index >= 15 is 0 Å². The van der Waals surface area contributed by atoms with Crippen molar-refractivity contribution in [2.45, 2.75) is 56.3 Å². The molecule has 0 radical (unpaired) electrons. The van der Waals surface area contributed by atoms with E-state index in [9.17, 15) is 10.4 Å². The first-order valence-electron chi connectivity index (χ1n) is 12.3. The van der Waals surface area contributed by atoms with Gasteiger partial charge in [-0.1, -0.05) is 42.5 Å². The van der Waals surface area contributed by atoms with E-state index in [0.717, 1.165) is 17.5 Å². The highest BCUT2D eigenvalue weighted by molar-refractivity contribution is 5.57. The number of benzene rings is 2. The fourth-order valence-corrected chi connectivity index (χ4v) is 5.11. The maximum Gasteiger partial charge on any atom is 0.174 e. The zero-order chi connectivity index (χ0) is 26.1. The summed E-state index contributed by atoms with van der Waals surface area (Å²) in [6, 6.07) is 19.6. The van der Waals surface area contributed by atoms with Crippen LogP contribution >= 0.6 is 0 Å². The summed E-state index contributed by atoms with van der Waals surface area (Å²) in [5.74, 6) is 0.991. The summed E-state index contributed by atoms with van der Waals surface area (Å²) < 4.78 is 12.2. The molecule has 1 saturated carbocycles. The Hall–Kier alpha value is -3.40. The minimum atomic E-state index is -1.27. The second-order valence-corrected chi connectivity index (χ2v) is 10.7. The average molecular weight is 486 g/mol. The van der Waals surface area contributed by atoms with Crippen molar-refractivity contribution in [3.8, 4) is 17.6 Å². The number of ether oxygens (including phenoxy) is 2. The summed E-state index contributed by atoms with van der Waals surface area (Å²) in [6.07, 6.45) is 4.54. The second-order valence-electron chi connectivity index (χ2n) is 10.7. The van der Waals surface area contributed by atoms with Crippen molar-refractivity contribution >= 4 is 0 Å². The highest BCUT2D eigenvalue weighted by atomic mass is 16.5. The molecule has 6 nitrogen and oxygen atoms in total. The van der Waals surface area contributed by atoms with E-state index in [1.807, 2.05) is 30.3 Å². The Morgan fingerprint density at radius 1 is 1.08 bits per heavy atom. The topological polar surface area (TPSA) is 78.6 Å². The van der Waals surface area contributed by atoms with E-state index in [-0.39, 0.29) is 5.92 Å². The number of nitrogens with zero attached hydrogens (tertiary/aromatic N) is 3. The van der Waals surface area contributed by atoms with Crippen LogP contribution in [-0.2, 0) is 11.2 Å². The summed E-state index contributed by atoms with van der Waals surface area (Å²) in [4.78, 5) is 6.42. The predicted molar refractivity (Wildman–Crippen MR) is 140 cm³/mol. The number of methoxy groups -OCH3 is 1. The normalized spacial score (nSPS) is 24.1. The Bertz CT molecular complexity index is 1250. The minimum Gasteiger partial charge on any atom is -0.495 e. The molecule has 1 aliphatic carbocycles. The van der Waals surface area contributed by atoms with Crippen LogP contribution in [0, 0.1) is 11.3 Å². The Morgan fingerprint density at radius 2 is 1.72 bits per heavy atom. The Morgan fingerprint density at radius 3 is 2.28 bits per heavy atom. The molecule has 1 aromatic heterocycles. The zero-order valence-electron chi connectivity index (χ0n) is 21.9. The third-order valence-electron chi connectivity index (χ3n) is 7.67. The summed E-state index contributed by atoms with van der Waals surface area (Å²) in [5.41, 5.74) is 1.19. The van der Waals surface area contributed by atoms with Gasteiger partial charge in [0.2, 0.25) is 0 Å². The van der Waals surface area contributed by atoms with Crippen molar-refractivity contribution in [1.82, 2.24) is 9.88 Å². The third kappa shape index (κ3) is 4.13. The maximum atomic E-state index is 12.2. The molecule has 5 rings (SSSR count). The van der Waals surface area contributed by atoms with Crippen LogP contribution in [0.5, 0.6) is 11.5 Å². The molecule has 2 aromatic carbocycles. The molecule has 2 aliphatic rings. The van der Waals surface area contributed by atoms with Crippen LogP contribution in [-0.4, -0.2) is 41.7 Å². The van der Waals surface area contributed by atoms with Gasteiger partial charge in [-0.2, -0.15) is 5.26 Å². The first-order valence-corrected chi connectivity index (χ1v) is 12.3. The van der Waals surface area contributed by atoms with Crippen molar-refractivity contribution in [3.05, 3.63) is 89.2 Å². The molecule has 3 atom stereocenters. The molecular formula is C30H35N3O3. The summed E-state index contributed by atoms with van der Waals surface area (Å²) in [6.45, 7) is 6.56. The van der Waals surface area contributed by atoms with Crippen molar-refractivity contribution in [3.63, 3.8) is 0 Å². The lowest BCUT2D eigenvalue weighted by atomic mass is 9.71. The number of aromatic nitrogens is 1. The van der Waals surface area contributed by atoms with Crippen molar-refractivity contribution < 1.29 is 14.6 Å². The Balaban J connectivity index is 0.000000384. The lowest BCUT2D eigenvalue weighted by Crippen LogP contribution is -2.48. The van der Waals surface area contributed by atoms with Gasteiger partial charge in [0.05, 0.1) is 36.7 Å². The van der Waals surface area contributed by atoms with Gasteiger partial charge in [-0.25, -0.2) is 0 Å². The van der Waals surface area contributed by atoms with Gasteiger partial charge >= 0.3 is 0 Å². The Labute approximate surface area is 214 Å². The Kier molecular flexibility index (Phi) is 6.83. The lowest BCUT2D eigenvalue weighted by molar-refractivity contribution is -0.106. The largest absolute Gasteiger partial charge is 0.495 e. The van der Waals surface area contributed by atoms with Crippen LogP contribution in [0.25, 0.3) is 0 Å². The van der Waals surface area contributed by atoms with Crippen LogP contribution in [0.4, 0.5) is 0 Å². The predicted octanol–water partition coefficient (Wildman–Crippen LogP) is 5.36. The summed E-state index contributed by atoms with van der Waals surface area (Å²) in [7, 11) is 5.74. The van der Waals surface area contributed by atoms with E-state index in [4.69, 9.17) is 9.47 Å². The molecule has 3 unspecified atom stereocenters. The van der Waals surface area contributed by atoms with E-state index < -0.39 is 11.2 Å². The number of hydrogen-bond acceptors (Lipinski definition) is 6. The average Bonchev–Trinajstić information content (AvgIpc) is 3.31. The van der Waals surface area contributed by atoms with Gasteiger partial charge in [0, 0.05) is 11.5 Å². The van der Waals surface area contributed by atoms with Crippen molar-refractivity contribution in [1.29, 1.82) is 5.26 Å². The van der Waals surface area contributed by atoms with Gasteiger partial charge in [-0.15, -0.1) is 0 Å². The molecule has 36 heavy (non-hydrogen) atoms.